The van der Waals surface area contributed by atoms with E-state index in [1.165, 1.54) is 41.6 Å². The van der Waals surface area contributed by atoms with Gasteiger partial charge in [-0.1, -0.05) is 38.6 Å². The van der Waals surface area contributed by atoms with Crippen molar-refractivity contribution in [2.24, 2.45) is 11.3 Å². The standard InChI is InChI=1S/C26H26FN3OS2/c1-26(2,3)16-6-11-21-19(13-16)24(22-5-4-12-32-22)20(14-28)25(30-21)33-15-23(31)29-18-9-7-17(27)8-10-18/h4-5,7-10,12,16H,6,11,13,15H2,1-3H3,(H,29,31)/t16-/m0/s1. The number of rotatable bonds is 5. The molecule has 1 N–H and O–H groups in total. The molecule has 1 aliphatic carbocycles. The summed E-state index contributed by atoms with van der Waals surface area (Å²) in [5.74, 6) is 0.0680. The molecular weight excluding hydrogens is 453 g/mol. The summed E-state index contributed by atoms with van der Waals surface area (Å²) < 4.78 is 13.1. The van der Waals surface area contributed by atoms with Crippen LogP contribution in [0.15, 0.2) is 46.8 Å². The van der Waals surface area contributed by atoms with Gasteiger partial charge in [0.15, 0.2) is 0 Å². The zero-order chi connectivity index (χ0) is 23.6. The quantitative estimate of drug-likeness (QED) is 0.413. The molecule has 1 amide bonds. The van der Waals surface area contributed by atoms with Crippen LogP contribution in [0.5, 0.6) is 0 Å². The number of aryl methyl sites for hydroxylation is 1. The Morgan fingerprint density at radius 3 is 2.70 bits per heavy atom. The second kappa shape index (κ2) is 9.66. The Morgan fingerprint density at radius 2 is 2.06 bits per heavy atom. The maximum absolute atomic E-state index is 13.1. The second-order valence-corrected chi connectivity index (χ2v) is 11.2. The monoisotopic (exact) mass is 479 g/mol. The van der Waals surface area contributed by atoms with Crippen molar-refractivity contribution in [2.75, 3.05) is 11.1 Å². The van der Waals surface area contributed by atoms with E-state index in [2.05, 4.69) is 38.2 Å². The van der Waals surface area contributed by atoms with E-state index in [1.807, 2.05) is 11.4 Å². The van der Waals surface area contributed by atoms with Crippen molar-refractivity contribution in [2.45, 2.75) is 45.1 Å². The lowest BCUT2D eigenvalue weighted by Gasteiger charge is -2.35. The van der Waals surface area contributed by atoms with Gasteiger partial charge in [-0.05, 0) is 71.9 Å². The summed E-state index contributed by atoms with van der Waals surface area (Å²) in [4.78, 5) is 18.4. The first kappa shape index (κ1) is 23.5. The highest BCUT2D eigenvalue weighted by molar-refractivity contribution is 8.00. The predicted octanol–water partition coefficient (Wildman–Crippen LogP) is 6.70. The molecule has 0 saturated heterocycles. The number of nitrogens with zero attached hydrogens (tertiary/aromatic N) is 2. The van der Waals surface area contributed by atoms with Crippen LogP contribution in [0.25, 0.3) is 10.4 Å². The number of fused-ring (bicyclic) bond motifs is 1. The molecule has 4 rings (SSSR count). The number of carbonyl (C=O) groups excluding carboxylic acids is 1. The number of hydrogen-bond donors (Lipinski definition) is 1. The fourth-order valence-corrected chi connectivity index (χ4v) is 5.85. The van der Waals surface area contributed by atoms with E-state index in [1.54, 1.807) is 11.3 Å². The molecule has 2 aromatic heterocycles. The van der Waals surface area contributed by atoms with Crippen LogP contribution in [0.1, 0.15) is 44.0 Å². The molecule has 0 saturated carbocycles. The van der Waals surface area contributed by atoms with E-state index in [0.29, 0.717) is 22.2 Å². The van der Waals surface area contributed by atoms with Crippen LogP contribution in [-0.2, 0) is 17.6 Å². The molecule has 170 valence electrons. The van der Waals surface area contributed by atoms with Crippen molar-refractivity contribution in [3.63, 3.8) is 0 Å². The van der Waals surface area contributed by atoms with Crippen LogP contribution in [0.3, 0.4) is 0 Å². The summed E-state index contributed by atoms with van der Waals surface area (Å²) in [5.41, 5.74) is 4.47. The number of halogens is 1. The summed E-state index contributed by atoms with van der Waals surface area (Å²) >= 11 is 2.90. The average Bonchev–Trinajstić information content (AvgIpc) is 3.31. The zero-order valence-electron chi connectivity index (χ0n) is 18.9. The summed E-state index contributed by atoms with van der Waals surface area (Å²) in [6.07, 6.45) is 2.84. The molecule has 3 aromatic rings. The van der Waals surface area contributed by atoms with Gasteiger partial charge in [0.1, 0.15) is 16.9 Å². The Hall–Kier alpha value is -2.69. The van der Waals surface area contributed by atoms with Crippen molar-refractivity contribution >= 4 is 34.7 Å². The third-order valence-corrected chi connectivity index (χ3v) is 7.97. The third kappa shape index (κ3) is 5.29. The van der Waals surface area contributed by atoms with Crippen LogP contribution < -0.4 is 5.32 Å². The minimum Gasteiger partial charge on any atom is -0.325 e. The van der Waals surface area contributed by atoms with Gasteiger partial charge in [0.2, 0.25) is 5.91 Å². The van der Waals surface area contributed by atoms with Crippen molar-refractivity contribution in [3.05, 3.63) is 64.4 Å². The minimum absolute atomic E-state index is 0.117. The number of pyridine rings is 1. The van der Waals surface area contributed by atoms with Crippen LogP contribution in [-0.4, -0.2) is 16.6 Å². The van der Waals surface area contributed by atoms with Crippen LogP contribution in [0.4, 0.5) is 10.1 Å². The summed E-state index contributed by atoms with van der Waals surface area (Å²) in [6, 6.07) is 12.1. The first-order valence-corrected chi connectivity index (χ1v) is 12.8. The zero-order valence-corrected chi connectivity index (χ0v) is 20.6. The van der Waals surface area contributed by atoms with E-state index in [-0.39, 0.29) is 22.9 Å². The van der Waals surface area contributed by atoms with Gasteiger partial charge >= 0.3 is 0 Å². The number of carbonyl (C=O) groups is 1. The van der Waals surface area contributed by atoms with Crippen LogP contribution >= 0.6 is 23.1 Å². The van der Waals surface area contributed by atoms with E-state index in [0.717, 1.165) is 35.4 Å². The van der Waals surface area contributed by atoms with Gasteiger partial charge in [0, 0.05) is 21.8 Å². The lowest BCUT2D eigenvalue weighted by Crippen LogP contribution is -2.28. The van der Waals surface area contributed by atoms with Crippen LogP contribution in [0, 0.1) is 28.5 Å². The first-order chi connectivity index (χ1) is 15.8. The summed E-state index contributed by atoms with van der Waals surface area (Å²) in [6.45, 7) is 6.82. The number of amides is 1. The lowest BCUT2D eigenvalue weighted by molar-refractivity contribution is -0.113. The molecule has 0 radical (unpaired) electrons. The highest BCUT2D eigenvalue weighted by Crippen LogP contribution is 2.44. The van der Waals surface area contributed by atoms with E-state index < -0.39 is 0 Å². The Morgan fingerprint density at radius 1 is 1.30 bits per heavy atom. The minimum atomic E-state index is -0.353. The van der Waals surface area contributed by atoms with Crippen molar-refractivity contribution < 1.29 is 9.18 Å². The number of thiophene rings is 1. The van der Waals surface area contributed by atoms with E-state index in [9.17, 15) is 14.4 Å². The Bertz CT molecular complexity index is 1190. The highest BCUT2D eigenvalue weighted by atomic mass is 32.2. The third-order valence-electron chi connectivity index (χ3n) is 6.10. The van der Waals surface area contributed by atoms with Gasteiger partial charge in [-0.3, -0.25) is 4.79 Å². The molecular formula is C26H26FN3OS2. The molecule has 0 unspecified atom stereocenters. The Balaban J connectivity index is 1.64. The average molecular weight is 480 g/mol. The van der Waals surface area contributed by atoms with Gasteiger partial charge in [-0.2, -0.15) is 5.26 Å². The van der Waals surface area contributed by atoms with Gasteiger partial charge in [0.05, 0.1) is 11.3 Å². The topological polar surface area (TPSA) is 65.8 Å². The Kier molecular flexibility index (Phi) is 6.87. The molecule has 1 atom stereocenters. The lowest BCUT2D eigenvalue weighted by atomic mass is 9.70. The van der Waals surface area contributed by atoms with Gasteiger partial charge < -0.3 is 5.32 Å². The summed E-state index contributed by atoms with van der Waals surface area (Å²) in [7, 11) is 0. The van der Waals surface area contributed by atoms with Crippen molar-refractivity contribution in [1.82, 2.24) is 4.98 Å². The smallest absolute Gasteiger partial charge is 0.234 e. The molecule has 7 heteroatoms. The molecule has 0 spiro atoms. The van der Waals surface area contributed by atoms with Gasteiger partial charge in [-0.15, -0.1) is 11.3 Å². The van der Waals surface area contributed by atoms with Crippen molar-refractivity contribution in [1.29, 1.82) is 5.26 Å². The number of aromatic nitrogens is 1. The number of anilines is 1. The highest BCUT2D eigenvalue weighted by Gasteiger charge is 2.33. The molecule has 0 aliphatic heterocycles. The SMILES string of the molecule is CC(C)(C)[C@H]1CCc2nc(SCC(=O)Nc3ccc(F)cc3)c(C#N)c(-c3cccs3)c2C1. The molecule has 4 nitrogen and oxygen atoms in total. The molecule has 1 aromatic carbocycles. The van der Waals surface area contributed by atoms with Gasteiger partial charge in [0.25, 0.3) is 0 Å². The van der Waals surface area contributed by atoms with E-state index >= 15 is 0 Å². The van der Waals surface area contributed by atoms with E-state index in [4.69, 9.17) is 4.98 Å². The number of nitrogens with one attached hydrogen (secondary N) is 1. The van der Waals surface area contributed by atoms with Crippen LogP contribution in [0.2, 0.25) is 0 Å². The molecule has 2 heterocycles. The number of nitriles is 1. The fraction of sp³-hybridized carbons (Fsp3) is 0.346. The fourth-order valence-electron chi connectivity index (χ4n) is 4.24. The number of benzene rings is 1. The van der Waals surface area contributed by atoms with Crippen molar-refractivity contribution in [3.8, 4) is 16.5 Å². The number of thioether (sulfide) groups is 1. The first-order valence-electron chi connectivity index (χ1n) is 10.9. The largest absolute Gasteiger partial charge is 0.325 e. The van der Waals surface area contributed by atoms with Gasteiger partial charge in [-0.25, -0.2) is 9.37 Å². The molecule has 0 fully saturated rings. The maximum Gasteiger partial charge on any atom is 0.234 e. The molecule has 1 aliphatic rings. The second-order valence-electron chi connectivity index (χ2n) is 9.33. The maximum atomic E-state index is 13.1. The Labute approximate surface area is 202 Å². The summed E-state index contributed by atoms with van der Waals surface area (Å²) in [5, 5.41) is 15.5. The molecule has 0 bridgehead atoms. The number of hydrogen-bond acceptors (Lipinski definition) is 5. The predicted molar refractivity (Wildman–Crippen MR) is 133 cm³/mol. The normalized spacial score (nSPS) is 15.5. The molecule has 33 heavy (non-hydrogen) atoms.